The molecule has 6 heteroatoms. The summed E-state index contributed by atoms with van der Waals surface area (Å²) in [6.45, 7) is 4.00. The van der Waals surface area contributed by atoms with Crippen LogP contribution < -0.4 is 16.6 Å². The maximum absolute atomic E-state index is 12.1. The van der Waals surface area contributed by atoms with Crippen LogP contribution in [0, 0.1) is 31.1 Å². The van der Waals surface area contributed by atoms with Gasteiger partial charge in [-0.15, -0.1) is 0 Å². The molecule has 118 valence electrons. The van der Waals surface area contributed by atoms with Crippen LogP contribution in [0.1, 0.15) is 41.6 Å². The van der Waals surface area contributed by atoms with Gasteiger partial charge in [0, 0.05) is 24.7 Å². The zero-order chi connectivity index (χ0) is 16.3. The van der Waals surface area contributed by atoms with Crippen LogP contribution in [0.25, 0.3) is 0 Å². The maximum Gasteiger partial charge on any atom is 0.266 e. The van der Waals surface area contributed by atoms with E-state index in [4.69, 9.17) is 11.0 Å². The van der Waals surface area contributed by atoms with E-state index in [1.54, 1.807) is 13.8 Å². The van der Waals surface area contributed by atoms with Crippen molar-refractivity contribution in [1.82, 2.24) is 10.3 Å². The van der Waals surface area contributed by atoms with Gasteiger partial charge in [-0.3, -0.25) is 9.59 Å². The zero-order valence-corrected chi connectivity index (χ0v) is 13.0. The summed E-state index contributed by atoms with van der Waals surface area (Å²) >= 11 is 0. The standard InChI is InChI=1S/C16H22N4O2/c1-9-12(10(2)19-16(22)13(9)7-17)5-6-15(21)20-14(8-18)11-3-4-11/h11,14H,3-6,8,18H2,1-2H3,(H,19,22)(H,20,21). The van der Waals surface area contributed by atoms with Gasteiger partial charge in [-0.05, 0) is 50.2 Å². The van der Waals surface area contributed by atoms with E-state index in [-0.39, 0.29) is 23.1 Å². The molecule has 1 saturated carbocycles. The zero-order valence-electron chi connectivity index (χ0n) is 13.0. The number of nitrogens with zero attached hydrogens (tertiary/aromatic N) is 1. The molecule has 0 aromatic carbocycles. The van der Waals surface area contributed by atoms with E-state index in [0.717, 1.165) is 18.4 Å². The van der Waals surface area contributed by atoms with Gasteiger partial charge in [-0.1, -0.05) is 0 Å². The summed E-state index contributed by atoms with van der Waals surface area (Å²) in [7, 11) is 0. The van der Waals surface area contributed by atoms with Gasteiger partial charge in [0.1, 0.15) is 11.6 Å². The molecule has 0 spiro atoms. The molecule has 0 aliphatic heterocycles. The molecule has 0 saturated heterocycles. The van der Waals surface area contributed by atoms with Gasteiger partial charge in [-0.2, -0.15) is 5.26 Å². The van der Waals surface area contributed by atoms with E-state index in [1.807, 2.05) is 6.07 Å². The number of carbonyl (C=O) groups is 1. The molecule has 1 aliphatic carbocycles. The lowest BCUT2D eigenvalue weighted by Gasteiger charge is -2.16. The van der Waals surface area contributed by atoms with Crippen LogP contribution in [0.4, 0.5) is 0 Å². The lowest BCUT2D eigenvalue weighted by molar-refractivity contribution is -0.121. The van der Waals surface area contributed by atoms with E-state index in [9.17, 15) is 9.59 Å². The third-order valence-electron chi connectivity index (χ3n) is 4.31. The second kappa shape index (κ2) is 6.75. The molecule has 2 rings (SSSR count). The summed E-state index contributed by atoms with van der Waals surface area (Å²) < 4.78 is 0. The molecular weight excluding hydrogens is 280 g/mol. The molecular formula is C16H22N4O2. The van der Waals surface area contributed by atoms with Crippen molar-refractivity contribution in [2.45, 2.75) is 45.6 Å². The van der Waals surface area contributed by atoms with Gasteiger partial charge in [0.2, 0.25) is 5.91 Å². The smallest absolute Gasteiger partial charge is 0.266 e. The van der Waals surface area contributed by atoms with Crippen LogP contribution in [-0.2, 0) is 11.2 Å². The van der Waals surface area contributed by atoms with Crippen molar-refractivity contribution in [3.8, 4) is 6.07 Å². The Morgan fingerprint density at radius 2 is 2.18 bits per heavy atom. The monoisotopic (exact) mass is 302 g/mol. The first-order chi connectivity index (χ1) is 10.5. The predicted octanol–water partition coefficient (Wildman–Crippen LogP) is 0.650. The number of pyridine rings is 1. The SMILES string of the molecule is Cc1[nH]c(=O)c(C#N)c(C)c1CCC(=O)NC(CN)C1CC1. The Hall–Kier alpha value is -2.13. The van der Waals surface area contributed by atoms with Crippen LogP contribution in [0.3, 0.4) is 0 Å². The first kappa shape index (κ1) is 16.2. The first-order valence-corrected chi connectivity index (χ1v) is 7.59. The average molecular weight is 302 g/mol. The molecule has 1 heterocycles. The minimum Gasteiger partial charge on any atom is -0.352 e. The fourth-order valence-electron chi connectivity index (χ4n) is 2.81. The number of aromatic amines is 1. The molecule has 1 unspecified atom stereocenters. The van der Waals surface area contributed by atoms with Crippen molar-refractivity contribution >= 4 is 5.91 Å². The maximum atomic E-state index is 12.1. The minimum atomic E-state index is -0.373. The molecule has 1 atom stereocenters. The van der Waals surface area contributed by atoms with Crippen molar-refractivity contribution < 1.29 is 4.79 Å². The largest absolute Gasteiger partial charge is 0.352 e. The van der Waals surface area contributed by atoms with Crippen LogP contribution in [0.5, 0.6) is 0 Å². The second-order valence-electron chi connectivity index (χ2n) is 5.92. The fraction of sp³-hybridized carbons (Fsp3) is 0.562. The third kappa shape index (κ3) is 3.55. The fourth-order valence-corrected chi connectivity index (χ4v) is 2.81. The van der Waals surface area contributed by atoms with Crippen LogP contribution in [0.15, 0.2) is 4.79 Å². The van der Waals surface area contributed by atoms with Gasteiger partial charge in [0.05, 0.1) is 0 Å². The van der Waals surface area contributed by atoms with Gasteiger partial charge in [0.25, 0.3) is 5.56 Å². The lowest BCUT2D eigenvalue weighted by Crippen LogP contribution is -2.41. The number of H-pyrrole nitrogens is 1. The van der Waals surface area contributed by atoms with Crippen LogP contribution >= 0.6 is 0 Å². The van der Waals surface area contributed by atoms with Crippen LogP contribution in [-0.4, -0.2) is 23.5 Å². The number of amides is 1. The molecule has 1 amide bonds. The van der Waals surface area contributed by atoms with Gasteiger partial charge < -0.3 is 16.0 Å². The lowest BCUT2D eigenvalue weighted by atomic mass is 9.99. The van der Waals surface area contributed by atoms with Crippen molar-refractivity contribution in [3.63, 3.8) is 0 Å². The van der Waals surface area contributed by atoms with Crippen molar-refractivity contribution in [2.75, 3.05) is 6.54 Å². The summed E-state index contributed by atoms with van der Waals surface area (Å²) in [5.74, 6) is 0.488. The second-order valence-corrected chi connectivity index (χ2v) is 5.92. The van der Waals surface area contributed by atoms with Gasteiger partial charge in [0.15, 0.2) is 0 Å². The Morgan fingerprint density at radius 1 is 1.50 bits per heavy atom. The van der Waals surface area contributed by atoms with E-state index < -0.39 is 0 Å². The van der Waals surface area contributed by atoms with Crippen LogP contribution in [0.2, 0.25) is 0 Å². The quantitative estimate of drug-likeness (QED) is 0.716. The topological polar surface area (TPSA) is 112 Å². The molecule has 1 aromatic heterocycles. The van der Waals surface area contributed by atoms with Gasteiger partial charge in [-0.25, -0.2) is 0 Å². The number of nitrogens with one attached hydrogen (secondary N) is 2. The van der Waals surface area contributed by atoms with E-state index >= 15 is 0 Å². The Morgan fingerprint density at radius 3 is 2.73 bits per heavy atom. The molecule has 1 aromatic rings. The molecule has 0 radical (unpaired) electrons. The Bertz CT molecular complexity index is 668. The summed E-state index contributed by atoms with van der Waals surface area (Å²) in [5.41, 5.74) is 7.67. The Kier molecular flexibility index (Phi) is 4.99. The minimum absolute atomic E-state index is 0.0362. The summed E-state index contributed by atoms with van der Waals surface area (Å²) in [6, 6.07) is 1.99. The Balaban J connectivity index is 2.04. The van der Waals surface area contributed by atoms with E-state index in [1.165, 1.54) is 0 Å². The van der Waals surface area contributed by atoms with Crippen molar-refractivity contribution in [3.05, 3.63) is 32.7 Å². The number of carbonyl (C=O) groups excluding carboxylic acids is 1. The highest BCUT2D eigenvalue weighted by atomic mass is 16.1. The Labute approximate surface area is 129 Å². The number of rotatable bonds is 6. The van der Waals surface area contributed by atoms with Gasteiger partial charge >= 0.3 is 0 Å². The van der Waals surface area contributed by atoms with E-state index in [2.05, 4.69) is 10.3 Å². The number of hydrogen-bond donors (Lipinski definition) is 3. The number of nitriles is 1. The molecule has 22 heavy (non-hydrogen) atoms. The number of hydrogen-bond acceptors (Lipinski definition) is 4. The molecule has 1 fully saturated rings. The highest BCUT2D eigenvalue weighted by molar-refractivity contribution is 5.76. The van der Waals surface area contributed by atoms with E-state index in [0.29, 0.717) is 36.6 Å². The average Bonchev–Trinajstić information content (AvgIpc) is 3.29. The summed E-state index contributed by atoms with van der Waals surface area (Å²) in [4.78, 5) is 26.4. The number of nitrogens with two attached hydrogens (primary N) is 1. The molecule has 4 N–H and O–H groups in total. The third-order valence-corrected chi connectivity index (χ3v) is 4.31. The van der Waals surface area contributed by atoms with Crippen molar-refractivity contribution in [2.24, 2.45) is 11.7 Å². The highest BCUT2D eigenvalue weighted by Gasteiger charge is 2.31. The highest BCUT2D eigenvalue weighted by Crippen LogP contribution is 2.32. The number of aryl methyl sites for hydroxylation is 1. The summed E-state index contributed by atoms with van der Waals surface area (Å²) in [6.07, 6.45) is 3.08. The first-order valence-electron chi connectivity index (χ1n) is 7.59. The summed E-state index contributed by atoms with van der Waals surface area (Å²) in [5, 5.41) is 12.0. The molecule has 6 nitrogen and oxygen atoms in total. The predicted molar refractivity (Wildman–Crippen MR) is 83.3 cm³/mol. The normalized spacial score (nSPS) is 15.2. The number of aromatic nitrogens is 1. The molecule has 1 aliphatic rings. The molecule has 0 bridgehead atoms. The van der Waals surface area contributed by atoms with Crippen molar-refractivity contribution in [1.29, 1.82) is 5.26 Å².